The number of halogens is 1. The van der Waals surface area contributed by atoms with Crippen molar-refractivity contribution >= 4 is 27.2 Å². The summed E-state index contributed by atoms with van der Waals surface area (Å²) in [5, 5.41) is 1.66. The average molecular weight is 258 g/mol. The third-order valence-corrected chi connectivity index (χ3v) is 4.48. The molecule has 0 unspecified atom stereocenters. The smallest absolute Gasteiger partial charge is 0.263 e. The summed E-state index contributed by atoms with van der Waals surface area (Å²) in [5.74, 6) is -0.422. The number of hydrogen-bond donors (Lipinski definition) is 1. The molecule has 0 saturated heterocycles. The monoisotopic (exact) mass is 258 g/mol. The number of sulfonamides is 1. The molecule has 7 heteroatoms. The predicted octanol–water partition coefficient (Wildman–Crippen LogP) is 2.08. The van der Waals surface area contributed by atoms with Crippen molar-refractivity contribution in [2.24, 2.45) is 0 Å². The van der Waals surface area contributed by atoms with E-state index in [4.69, 9.17) is 0 Å². The van der Waals surface area contributed by atoms with Crippen LogP contribution in [0.15, 0.2) is 40.1 Å². The van der Waals surface area contributed by atoms with Gasteiger partial charge in [0.25, 0.3) is 10.0 Å². The number of aromatic nitrogens is 1. The summed E-state index contributed by atoms with van der Waals surface area (Å²) in [5.41, 5.74) is 0. The van der Waals surface area contributed by atoms with E-state index >= 15 is 0 Å². The molecule has 4 nitrogen and oxygen atoms in total. The molecule has 0 aromatic carbocycles. The molecule has 1 N–H and O–H groups in total. The molecule has 0 saturated carbocycles. The lowest BCUT2D eigenvalue weighted by atomic mass is 10.5. The fraction of sp³-hybridized carbons (Fsp3) is 0. The molecule has 0 radical (unpaired) electrons. The molecule has 0 atom stereocenters. The Balaban J connectivity index is 2.25. The lowest BCUT2D eigenvalue weighted by Crippen LogP contribution is -2.12. The molecule has 0 aliphatic carbocycles. The summed E-state index contributed by atoms with van der Waals surface area (Å²) < 4.78 is 38.4. The average Bonchev–Trinajstić information content (AvgIpc) is 2.75. The van der Waals surface area contributed by atoms with Crippen LogP contribution in [0.1, 0.15) is 0 Å². The van der Waals surface area contributed by atoms with Gasteiger partial charge in [-0.25, -0.2) is 17.8 Å². The first-order valence-corrected chi connectivity index (χ1v) is 6.62. The van der Waals surface area contributed by atoms with Crippen LogP contribution in [-0.4, -0.2) is 13.4 Å². The minimum Gasteiger partial charge on any atom is -0.263 e. The fourth-order valence-corrected chi connectivity index (χ4v) is 3.04. The van der Waals surface area contributed by atoms with E-state index in [0.29, 0.717) is 0 Å². The molecule has 84 valence electrons. The lowest BCUT2D eigenvalue weighted by molar-refractivity contribution is 0.602. The molecule has 0 amide bonds. The van der Waals surface area contributed by atoms with E-state index in [1.165, 1.54) is 12.1 Å². The fourth-order valence-electron chi connectivity index (χ4n) is 1.04. The van der Waals surface area contributed by atoms with Crippen molar-refractivity contribution in [3.05, 3.63) is 41.7 Å². The van der Waals surface area contributed by atoms with Gasteiger partial charge < -0.3 is 0 Å². The Labute approximate surface area is 95.8 Å². The van der Waals surface area contributed by atoms with E-state index in [0.717, 1.165) is 23.6 Å². The van der Waals surface area contributed by atoms with Gasteiger partial charge in [0.15, 0.2) is 0 Å². The van der Waals surface area contributed by atoms with Crippen LogP contribution in [0.3, 0.4) is 0 Å². The second kappa shape index (κ2) is 4.18. The van der Waals surface area contributed by atoms with Crippen molar-refractivity contribution in [2.45, 2.75) is 4.21 Å². The summed E-state index contributed by atoms with van der Waals surface area (Å²) in [6, 6.07) is 5.52. The van der Waals surface area contributed by atoms with Crippen molar-refractivity contribution in [1.82, 2.24) is 4.98 Å². The van der Waals surface area contributed by atoms with Gasteiger partial charge in [-0.1, -0.05) is 6.07 Å². The van der Waals surface area contributed by atoms with Gasteiger partial charge >= 0.3 is 0 Å². The van der Waals surface area contributed by atoms with Gasteiger partial charge in [-0.2, -0.15) is 0 Å². The third kappa shape index (κ3) is 2.37. The largest absolute Gasteiger partial charge is 0.272 e. The van der Waals surface area contributed by atoms with Gasteiger partial charge in [-0.15, -0.1) is 11.3 Å². The zero-order valence-electron chi connectivity index (χ0n) is 7.92. The first-order valence-electron chi connectivity index (χ1n) is 4.26. The standard InChI is InChI=1S/C9H7FN2O2S2/c10-7-3-4-8(11-6-7)12-16(13,14)9-2-1-5-15-9/h1-6H,(H,11,12). The quantitative estimate of drug-likeness (QED) is 0.917. The summed E-state index contributed by atoms with van der Waals surface area (Å²) >= 11 is 1.10. The second-order valence-corrected chi connectivity index (χ2v) is 5.76. The molecule has 0 aliphatic rings. The third-order valence-electron chi connectivity index (χ3n) is 1.73. The highest BCUT2D eigenvalue weighted by Crippen LogP contribution is 2.18. The van der Waals surface area contributed by atoms with Crippen LogP contribution in [0, 0.1) is 5.82 Å². The molecule has 16 heavy (non-hydrogen) atoms. The molecule has 0 bridgehead atoms. The van der Waals surface area contributed by atoms with Crippen LogP contribution in [0.25, 0.3) is 0 Å². The number of thiophene rings is 1. The molecular formula is C9H7FN2O2S2. The molecule has 2 heterocycles. The highest BCUT2D eigenvalue weighted by molar-refractivity contribution is 7.94. The van der Waals surface area contributed by atoms with Crippen LogP contribution >= 0.6 is 11.3 Å². The number of rotatable bonds is 3. The van der Waals surface area contributed by atoms with Crippen LogP contribution in [0.2, 0.25) is 0 Å². The molecule has 0 spiro atoms. The van der Waals surface area contributed by atoms with Gasteiger partial charge in [-0.05, 0) is 23.6 Å². The second-order valence-electron chi connectivity index (χ2n) is 2.90. The maximum Gasteiger partial charge on any atom is 0.272 e. The normalized spacial score (nSPS) is 11.3. The number of anilines is 1. The zero-order valence-corrected chi connectivity index (χ0v) is 9.56. The first-order chi connectivity index (χ1) is 7.58. The van der Waals surface area contributed by atoms with Crippen molar-refractivity contribution in [3.8, 4) is 0 Å². The summed E-state index contributed by atoms with van der Waals surface area (Å²) in [4.78, 5) is 3.61. The highest BCUT2D eigenvalue weighted by Gasteiger charge is 2.15. The number of pyridine rings is 1. The number of nitrogens with one attached hydrogen (secondary N) is 1. The molecule has 2 aromatic rings. The summed E-state index contributed by atoms with van der Waals surface area (Å²) in [6.45, 7) is 0. The zero-order chi connectivity index (χ0) is 11.6. The van der Waals surface area contributed by atoms with E-state index in [-0.39, 0.29) is 10.0 Å². The predicted molar refractivity (Wildman–Crippen MR) is 59.3 cm³/mol. The molecule has 0 fully saturated rings. The van der Waals surface area contributed by atoms with Gasteiger partial charge in [0.05, 0.1) is 6.20 Å². The van der Waals surface area contributed by atoms with Gasteiger partial charge in [0, 0.05) is 0 Å². The highest BCUT2D eigenvalue weighted by atomic mass is 32.2. The van der Waals surface area contributed by atoms with Crippen LogP contribution < -0.4 is 4.72 Å². The Kier molecular flexibility index (Phi) is 2.88. The molecular weight excluding hydrogens is 251 g/mol. The number of nitrogens with zero attached hydrogens (tertiary/aromatic N) is 1. The van der Waals surface area contributed by atoms with E-state index in [9.17, 15) is 12.8 Å². The Bertz CT molecular complexity index is 564. The Morgan fingerprint density at radius 1 is 1.31 bits per heavy atom. The lowest BCUT2D eigenvalue weighted by Gasteiger charge is -2.04. The van der Waals surface area contributed by atoms with Gasteiger partial charge in [0.2, 0.25) is 0 Å². The van der Waals surface area contributed by atoms with Crippen molar-refractivity contribution < 1.29 is 12.8 Å². The van der Waals surface area contributed by atoms with Crippen molar-refractivity contribution in [1.29, 1.82) is 0 Å². The van der Waals surface area contributed by atoms with E-state index < -0.39 is 15.8 Å². The van der Waals surface area contributed by atoms with E-state index in [1.807, 2.05) is 0 Å². The van der Waals surface area contributed by atoms with Crippen molar-refractivity contribution in [3.63, 3.8) is 0 Å². The molecule has 2 aromatic heterocycles. The van der Waals surface area contributed by atoms with Crippen LogP contribution in [0.5, 0.6) is 0 Å². The summed E-state index contributed by atoms with van der Waals surface area (Å²) in [6.07, 6.45) is 0.951. The Morgan fingerprint density at radius 2 is 2.12 bits per heavy atom. The maximum absolute atomic E-state index is 12.6. The SMILES string of the molecule is O=S(=O)(Nc1ccc(F)cn1)c1cccs1. The van der Waals surface area contributed by atoms with Crippen molar-refractivity contribution in [2.75, 3.05) is 4.72 Å². The Morgan fingerprint density at radius 3 is 2.69 bits per heavy atom. The Hall–Kier alpha value is -1.47. The minimum absolute atomic E-state index is 0.0924. The minimum atomic E-state index is -3.60. The van der Waals surface area contributed by atoms with Gasteiger partial charge in [-0.3, -0.25) is 4.72 Å². The topological polar surface area (TPSA) is 59.1 Å². The maximum atomic E-state index is 12.6. The molecule has 2 rings (SSSR count). The summed E-state index contributed by atoms with van der Waals surface area (Å²) in [7, 11) is -3.60. The van der Waals surface area contributed by atoms with Crippen LogP contribution in [0.4, 0.5) is 10.2 Å². The van der Waals surface area contributed by atoms with Gasteiger partial charge in [0.1, 0.15) is 15.8 Å². The first kappa shape index (κ1) is 11.0. The molecule has 0 aliphatic heterocycles. The van der Waals surface area contributed by atoms with Crippen LogP contribution in [-0.2, 0) is 10.0 Å². The van der Waals surface area contributed by atoms with E-state index in [1.54, 1.807) is 11.4 Å². The number of hydrogen-bond acceptors (Lipinski definition) is 4. The van der Waals surface area contributed by atoms with E-state index in [2.05, 4.69) is 9.71 Å².